The van der Waals surface area contributed by atoms with Crippen LogP contribution < -0.4 is 0 Å². The molecule has 1 aromatic rings. The summed E-state index contributed by atoms with van der Waals surface area (Å²) in [5.74, 6) is -1.23. The molecule has 0 spiro atoms. The predicted octanol–water partition coefficient (Wildman–Crippen LogP) is -0.977. The maximum absolute atomic E-state index is 12.4. The summed E-state index contributed by atoms with van der Waals surface area (Å²) in [6.45, 7) is -0.831. The molecule has 0 amide bonds. The first-order valence-corrected chi connectivity index (χ1v) is 7.62. The van der Waals surface area contributed by atoms with Gasteiger partial charge in [-0.2, -0.15) is 0 Å². The van der Waals surface area contributed by atoms with Crippen molar-refractivity contribution < 1.29 is 35.1 Å². The average Bonchev–Trinajstić information content (AvgIpc) is 2.64. The molecule has 0 bridgehead atoms. The van der Waals surface area contributed by atoms with E-state index in [2.05, 4.69) is 4.99 Å². The second-order valence-electron chi connectivity index (χ2n) is 5.37. The van der Waals surface area contributed by atoms with E-state index in [1.165, 1.54) is 12.1 Å². The lowest BCUT2D eigenvalue weighted by Crippen LogP contribution is -2.46. The largest absolute Gasteiger partial charge is 0.394 e. The van der Waals surface area contributed by atoms with Crippen LogP contribution in [0.3, 0.4) is 0 Å². The third-order valence-electron chi connectivity index (χ3n) is 3.68. The van der Waals surface area contributed by atoms with Gasteiger partial charge in [0.05, 0.1) is 6.61 Å². The molecule has 2 rings (SSSR count). The molecule has 0 saturated carbocycles. The van der Waals surface area contributed by atoms with Crippen molar-refractivity contribution in [1.29, 1.82) is 0 Å². The number of nitrogens with zero attached hydrogens (tertiary/aromatic N) is 1. The summed E-state index contributed by atoms with van der Waals surface area (Å²) < 4.78 is 0. The minimum absolute atomic E-state index is 0.106. The zero-order valence-electron chi connectivity index (χ0n) is 12.8. The number of hydrogen-bond acceptors (Lipinski definition) is 8. The smallest absolute Gasteiger partial charge is 0.213 e. The van der Waals surface area contributed by atoms with Crippen molar-refractivity contribution >= 4 is 29.4 Å². The van der Waals surface area contributed by atoms with Gasteiger partial charge in [0.1, 0.15) is 35.1 Å². The van der Waals surface area contributed by atoms with Gasteiger partial charge in [-0.15, -0.1) is 0 Å². The number of halogens is 1. The minimum Gasteiger partial charge on any atom is -0.394 e. The van der Waals surface area contributed by atoms with E-state index in [4.69, 9.17) is 16.7 Å². The first kappa shape index (κ1) is 19.4. The third kappa shape index (κ3) is 3.84. The van der Waals surface area contributed by atoms with Crippen molar-refractivity contribution in [2.45, 2.75) is 24.4 Å². The summed E-state index contributed by atoms with van der Waals surface area (Å²) in [5, 5.41) is 46.5. The topological polar surface area (TPSA) is 148 Å². The van der Waals surface area contributed by atoms with E-state index in [1.54, 1.807) is 12.1 Å². The normalized spacial score (nSPS) is 19.8. The summed E-state index contributed by atoms with van der Waals surface area (Å²) in [7, 11) is 0. The number of aliphatic hydroxyl groups is 5. The molecule has 0 saturated heterocycles. The average molecular weight is 370 g/mol. The summed E-state index contributed by atoms with van der Waals surface area (Å²) in [5.41, 5.74) is -0.165. The fraction of sp³-hybridized carbons (Fsp3) is 0.312. The van der Waals surface area contributed by atoms with Crippen LogP contribution in [0.4, 0.5) is 0 Å². The van der Waals surface area contributed by atoms with Crippen molar-refractivity contribution in [3.8, 4) is 0 Å². The zero-order chi connectivity index (χ0) is 18.7. The maximum Gasteiger partial charge on any atom is 0.213 e. The van der Waals surface area contributed by atoms with E-state index in [1.807, 2.05) is 0 Å². The van der Waals surface area contributed by atoms with Crippen LogP contribution in [0.1, 0.15) is 20.7 Å². The Bertz CT molecular complexity index is 746. The minimum atomic E-state index is -1.88. The molecule has 0 heterocycles. The molecule has 0 aliphatic heterocycles. The van der Waals surface area contributed by atoms with Gasteiger partial charge in [-0.1, -0.05) is 35.9 Å². The summed E-state index contributed by atoms with van der Waals surface area (Å²) in [6.07, 6.45) is -6.47. The number of fused-ring (bicyclic) bond motifs is 1. The highest BCUT2D eigenvalue weighted by molar-refractivity contribution is 6.50. The fourth-order valence-corrected chi connectivity index (χ4v) is 2.46. The van der Waals surface area contributed by atoms with E-state index in [0.29, 0.717) is 0 Å². The van der Waals surface area contributed by atoms with Gasteiger partial charge in [-0.3, -0.25) is 14.6 Å². The Morgan fingerprint density at radius 3 is 2.12 bits per heavy atom. The van der Waals surface area contributed by atoms with Gasteiger partial charge in [0.15, 0.2) is 0 Å². The molecule has 1 aromatic carbocycles. The second kappa shape index (κ2) is 7.96. The number of Topliss-reactive ketones (excluding diaryl/α,β-unsaturated/α-hetero) is 2. The van der Waals surface area contributed by atoms with E-state index in [9.17, 15) is 30.0 Å². The molecule has 0 aromatic heterocycles. The second-order valence-corrected chi connectivity index (χ2v) is 5.74. The molecular weight excluding hydrogens is 354 g/mol. The van der Waals surface area contributed by atoms with Gasteiger partial charge in [-0.05, 0) is 0 Å². The van der Waals surface area contributed by atoms with Crippen LogP contribution in [0.15, 0.2) is 40.0 Å². The Morgan fingerprint density at radius 1 is 1.00 bits per heavy atom. The van der Waals surface area contributed by atoms with Crippen molar-refractivity contribution in [3.05, 3.63) is 46.1 Å². The lowest BCUT2D eigenvalue weighted by Gasteiger charge is -2.23. The first-order valence-electron chi connectivity index (χ1n) is 7.25. The summed E-state index contributed by atoms with van der Waals surface area (Å²) in [6, 6.07) is 6.02. The Morgan fingerprint density at radius 2 is 1.56 bits per heavy atom. The molecule has 1 aliphatic carbocycles. The van der Waals surface area contributed by atoms with Gasteiger partial charge in [0.25, 0.3) is 0 Å². The highest BCUT2D eigenvalue weighted by Crippen LogP contribution is 2.29. The highest BCUT2D eigenvalue weighted by atomic mass is 35.5. The molecule has 134 valence electrons. The monoisotopic (exact) mass is 369 g/mol. The van der Waals surface area contributed by atoms with E-state index >= 15 is 0 Å². The number of carbonyl (C=O) groups is 2. The Balaban J connectivity index is 2.24. The Labute approximate surface area is 147 Å². The van der Waals surface area contributed by atoms with Crippen LogP contribution in [-0.2, 0) is 0 Å². The Hall–Kier alpha value is -1.94. The van der Waals surface area contributed by atoms with Crippen molar-refractivity contribution in [2.24, 2.45) is 4.99 Å². The van der Waals surface area contributed by atoms with Crippen LogP contribution in [0.2, 0.25) is 0 Å². The van der Waals surface area contributed by atoms with Gasteiger partial charge >= 0.3 is 0 Å². The predicted molar refractivity (Wildman–Crippen MR) is 87.6 cm³/mol. The molecule has 1 aliphatic rings. The molecule has 25 heavy (non-hydrogen) atoms. The first-order chi connectivity index (χ1) is 11.8. The number of benzene rings is 1. The zero-order valence-corrected chi connectivity index (χ0v) is 13.5. The third-order valence-corrected chi connectivity index (χ3v) is 4.03. The number of carbonyl (C=O) groups excluding carboxylic acids is 2. The van der Waals surface area contributed by atoms with Gasteiger partial charge in [0, 0.05) is 17.3 Å². The van der Waals surface area contributed by atoms with Crippen LogP contribution >= 0.6 is 11.6 Å². The van der Waals surface area contributed by atoms with Crippen LogP contribution in [0, 0.1) is 0 Å². The molecule has 9 heteroatoms. The van der Waals surface area contributed by atoms with E-state index in [-0.39, 0.29) is 11.1 Å². The molecule has 5 N–H and O–H groups in total. The van der Waals surface area contributed by atoms with E-state index < -0.39 is 53.3 Å². The number of allylic oxidation sites excluding steroid dienone is 2. The molecule has 4 unspecified atom stereocenters. The number of aliphatic imine (C=N–C) groups is 1. The lowest BCUT2D eigenvalue weighted by molar-refractivity contribution is -0.0999. The SMILES string of the molecule is O=C1C(Cl)=C(/N=C/C(O)C(O)C(O)C(O)CO)C(=O)c2ccccc21. The van der Waals surface area contributed by atoms with Crippen LogP contribution in [-0.4, -0.2) is 74.3 Å². The standard InChI is InChI=1S/C16H16ClNO7/c17-11-12(14(23)8-4-2-1-3-7(8)13(11)22)18-5-9(20)15(24)16(25)10(21)6-19/h1-5,9-10,15-16,19-21,24-25H,6H2/b18-5+. The highest BCUT2D eigenvalue weighted by Gasteiger charge is 2.32. The Kier molecular flexibility index (Phi) is 6.17. The fourth-order valence-electron chi connectivity index (χ4n) is 2.22. The van der Waals surface area contributed by atoms with Gasteiger partial charge in [0.2, 0.25) is 11.6 Å². The molecular formula is C16H16ClNO7. The molecule has 0 radical (unpaired) electrons. The van der Waals surface area contributed by atoms with E-state index in [0.717, 1.165) is 6.21 Å². The molecule has 8 nitrogen and oxygen atoms in total. The summed E-state index contributed by atoms with van der Waals surface area (Å²) >= 11 is 5.88. The number of hydrogen-bond donors (Lipinski definition) is 5. The van der Waals surface area contributed by atoms with Crippen molar-refractivity contribution in [2.75, 3.05) is 6.61 Å². The van der Waals surface area contributed by atoms with Gasteiger partial charge < -0.3 is 25.5 Å². The number of aliphatic hydroxyl groups excluding tert-OH is 5. The number of ketones is 2. The quantitative estimate of drug-likeness (QED) is 0.405. The van der Waals surface area contributed by atoms with Crippen molar-refractivity contribution in [1.82, 2.24) is 0 Å². The van der Waals surface area contributed by atoms with Crippen LogP contribution in [0.5, 0.6) is 0 Å². The van der Waals surface area contributed by atoms with Gasteiger partial charge in [-0.25, -0.2) is 0 Å². The summed E-state index contributed by atoms with van der Waals surface area (Å²) in [4.78, 5) is 28.2. The lowest BCUT2D eigenvalue weighted by atomic mass is 9.92. The number of rotatable bonds is 6. The van der Waals surface area contributed by atoms with Crippen molar-refractivity contribution in [3.63, 3.8) is 0 Å². The maximum atomic E-state index is 12.4. The molecule has 4 atom stereocenters. The van der Waals surface area contributed by atoms with Crippen LogP contribution in [0.25, 0.3) is 0 Å². The molecule has 0 fully saturated rings.